The first kappa shape index (κ1) is 16.1. The molecule has 1 N–H and O–H groups in total. The van der Waals surface area contributed by atoms with Gasteiger partial charge in [-0.3, -0.25) is 4.79 Å². The summed E-state index contributed by atoms with van der Waals surface area (Å²) in [6.07, 6.45) is 6.01. The summed E-state index contributed by atoms with van der Waals surface area (Å²) >= 11 is 6.15. The lowest BCUT2D eigenvalue weighted by Crippen LogP contribution is -2.32. The molecular weight excluding hydrogens is 286 g/mol. The molecule has 5 heteroatoms. The summed E-state index contributed by atoms with van der Waals surface area (Å²) < 4.78 is 0. The van der Waals surface area contributed by atoms with Gasteiger partial charge in [-0.05, 0) is 37.3 Å². The van der Waals surface area contributed by atoms with E-state index in [2.05, 4.69) is 17.2 Å². The van der Waals surface area contributed by atoms with Crippen molar-refractivity contribution in [1.29, 1.82) is 0 Å². The molecular formula is C16H24ClN3O. The third kappa shape index (κ3) is 4.34. The van der Waals surface area contributed by atoms with Crippen molar-refractivity contribution in [2.75, 3.05) is 25.5 Å². The molecule has 2 rings (SSSR count). The second-order valence-electron chi connectivity index (χ2n) is 5.79. The molecule has 1 aromatic heterocycles. The topological polar surface area (TPSA) is 45.2 Å². The van der Waals surface area contributed by atoms with E-state index in [1.807, 2.05) is 13.1 Å². The molecule has 1 amide bonds. The number of anilines is 1. The van der Waals surface area contributed by atoms with Gasteiger partial charge in [0.15, 0.2) is 0 Å². The number of nitrogens with zero attached hydrogens (tertiary/aromatic N) is 2. The van der Waals surface area contributed by atoms with Crippen LogP contribution >= 0.6 is 11.6 Å². The highest BCUT2D eigenvalue weighted by molar-refractivity contribution is 6.33. The van der Waals surface area contributed by atoms with Crippen molar-refractivity contribution >= 4 is 23.3 Å². The predicted octanol–water partition coefficient (Wildman–Crippen LogP) is 3.82. The van der Waals surface area contributed by atoms with Crippen molar-refractivity contribution in [3.8, 4) is 0 Å². The summed E-state index contributed by atoms with van der Waals surface area (Å²) in [5.74, 6) is 1.24. The predicted molar refractivity (Wildman–Crippen MR) is 86.9 cm³/mol. The number of pyridine rings is 1. The van der Waals surface area contributed by atoms with Crippen molar-refractivity contribution in [3.05, 3.63) is 22.8 Å². The molecule has 116 valence electrons. The van der Waals surface area contributed by atoms with Crippen molar-refractivity contribution in [2.45, 2.75) is 39.0 Å². The Morgan fingerprint density at radius 1 is 1.43 bits per heavy atom. The Kier molecular flexibility index (Phi) is 5.85. The Balaban J connectivity index is 2.05. The lowest BCUT2D eigenvalue weighted by Gasteiger charge is -2.21. The minimum Gasteiger partial charge on any atom is -0.370 e. The van der Waals surface area contributed by atoms with E-state index in [0.29, 0.717) is 22.5 Å². The third-order valence-electron chi connectivity index (χ3n) is 3.96. The fourth-order valence-corrected chi connectivity index (χ4v) is 2.97. The molecule has 1 aliphatic carbocycles. The molecule has 1 aliphatic rings. The molecule has 0 radical (unpaired) electrons. The summed E-state index contributed by atoms with van der Waals surface area (Å²) in [6, 6.07) is 3.55. The number of hydrogen-bond acceptors (Lipinski definition) is 3. The number of amides is 1. The number of carbonyl (C=O) groups excluding carboxylic acids is 1. The monoisotopic (exact) mass is 309 g/mol. The summed E-state index contributed by atoms with van der Waals surface area (Å²) in [5.41, 5.74) is 0.346. The number of carbonyl (C=O) groups is 1. The van der Waals surface area contributed by atoms with Crippen molar-refractivity contribution in [3.63, 3.8) is 0 Å². The van der Waals surface area contributed by atoms with Gasteiger partial charge in [-0.1, -0.05) is 31.4 Å². The Morgan fingerprint density at radius 3 is 2.81 bits per heavy atom. The van der Waals surface area contributed by atoms with Crippen LogP contribution in [-0.4, -0.2) is 35.9 Å². The standard InChI is InChI=1S/C16H24ClN3O/c1-3-10-18-14-9-8-13(17)15(19-14)16(21)20(2)11-12-6-4-5-7-12/h8-9,12H,3-7,10-11H2,1-2H3,(H,18,19). The number of aromatic nitrogens is 1. The van der Waals surface area contributed by atoms with E-state index in [1.54, 1.807) is 11.0 Å². The molecule has 21 heavy (non-hydrogen) atoms. The van der Waals surface area contributed by atoms with Crippen LogP contribution in [0, 0.1) is 5.92 Å². The van der Waals surface area contributed by atoms with Crippen LogP contribution in [0.1, 0.15) is 49.5 Å². The fraction of sp³-hybridized carbons (Fsp3) is 0.625. The summed E-state index contributed by atoms with van der Waals surface area (Å²) in [6.45, 7) is 3.72. The van der Waals surface area contributed by atoms with Gasteiger partial charge < -0.3 is 10.2 Å². The zero-order valence-corrected chi connectivity index (χ0v) is 13.6. The molecule has 1 saturated carbocycles. The van der Waals surface area contributed by atoms with E-state index >= 15 is 0 Å². The zero-order valence-electron chi connectivity index (χ0n) is 12.9. The highest BCUT2D eigenvalue weighted by Crippen LogP contribution is 2.26. The number of nitrogens with one attached hydrogen (secondary N) is 1. The smallest absolute Gasteiger partial charge is 0.273 e. The average molecular weight is 310 g/mol. The Hall–Kier alpha value is -1.29. The Labute approximate surface area is 131 Å². The van der Waals surface area contributed by atoms with Gasteiger partial charge in [0.05, 0.1) is 5.02 Å². The minimum absolute atomic E-state index is 0.0907. The van der Waals surface area contributed by atoms with Crippen LogP contribution in [0.4, 0.5) is 5.82 Å². The number of halogens is 1. The van der Waals surface area contributed by atoms with E-state index in [9.17, 15) is 4.79 Å². The van der Waals surface area contributed by atoms with Gasteiger partial charge in [0, 0.05) is 20.1 Å². The van der Waals surface area contributed by atoms with Crippen molar-refractivity contribution < 1.29 is 4.79 Å². The highest BCUT2D eigenvalue weighted by atomic mass is 35.5. The van der Waals surface area contributed by atoms with Crippen LogP contribution in [-0.2, 0) is 0 Å². The first-order valence-corrected chi connectivity index (χ1v) is 8.15. The van der Waals surface area contributed by atoms with Crippen LogP contribution in [0.2, 0.25) is 5.02 Å². The first-order chi connectivity index (χ1) is 10.1. The maximum atomic E-state index is 12.5. The van der Waals surface area contributed by atoms with Gasteiger partial charge in [0.25, 0.3) is 5.91 Å². The molecule has 0 aliphatic heterocycles. The molecule has 0 unspecified atom stereocenters. The summed E-state index contributed by atoms with van der Waals surface area (Å²) in [4.78, 5) is 18.7. The Bertz CT molecular complexity index is 486. The van der Waals surface area contributed by atoms with E-state index < -0.39 is 0 Å². The second-order valence-corrected chi connectivity index (χ2v) is 6.20. The van der Waals surface area contributed by atoms with Crippen LogP contribution in [0.25, 0.3) is 0 Å². The van der Waals surface area contributed by atoms with Crippen LogP contribution in [0.5, 0.6) is 0 Å². The molecule has 0 spiro atoms. The van der Waals surface area contributed by atoms with Crippen molar-refractivity contribution in [1.82, 2.24) is 9.88 Å². The SMILES string of the molecule is CCCNc1ccc(Cl)c(C(=O)N(C)CC2CCCC2)n1. The van der Waals surface area contributed by atoms with Crippen LogP contribution in [0.3, 0.4) is 0 Å². The van der Waals surface area contributed by atoms with E-state index in [1.165, 1.54) is 25.7 Å². The molecule has 0 aromatic carbocycles. The third-order valence-corrected chi connectivity index (χ3v) is 4.26. The first-order valence-electron chi connectivity index (χ1n) is 7.77. The fourth-order valence-electron chi connectivity index (χ4n) is 2.79. The lowest BCUT2D eigenvalue weighted by atomic mass is 10.1. The molecule has 0 bridgehead atoms. The van der Waals surface area contributed by atoms with Gasteiger partial charge in [0.2, 0.25) is 0 Å². The summed E-state index contributed by atoms with van der Waals surface area (Å²) in [7, 11) is 1.84. The van der Waals surface area contributed by atoms with Gasteiger partial charge in [-0.25, -0.2) is 4.98 Å². The minimum atomic E-state index is -0.0907. The average Bonchev–Trinajstić information content (AvgIpc) is 2.98. The Morgan fingerprint density at radius 2 is 2.14 bits per heavy atom. The van der Waals surface area contributed by atoms with Gasteiger partial charge >= 0.3 is 0 Å². The maximum Gasteiger partial charge on any atom is 0.273 e. The molecule has 4 nitrogen and oxygen atoms in total. The largest absolute Gasteiger partial charge is 0.370 e. The van der Waals surface area contributed by atoms with E-state index in [0.717, 1.165) is 19.5 Å². The van der Waals surface area contributed by atoms with Crippen LogP contribution < -0.4 is 5.32 Å². The molecule has 0 saturated heterocycles. The van der Waals surface area contributed by atoms with Gasteiger partial charge in [0.1, 0.15) is 11.5 Å². The molecule has 1 fully saturated rings. The highest BCUT2D eigenvalue weighted by Gasteiger charge is 2.22. The zero-order chi connectivity index (χ0) is 15.2. The van der Waals surface area contributed by atoms with Gasteiger partial charge in [-0.2, -0.15) is 0 Å². The maximum absolute atomic E-state index is 12.5. The molecule has 1 heterocycles. The number of hydrogen-bond donors (Lipinski definition) is 1. The van der Waals surface area contributed by atoms with Crippen LogP contribution in [0.15, 0.2) is 12.1 Å². The van der Waals surface area contributed by atoms with E-state index in [4.69, 9.17) is 11.6 Å². The second kappa shape index (κ2) is 7.64. The lowest BCUT2D eigenvalue weighted by molar-refractivity contribution is 0.0768. The van der Waals surface area contributed by atoms with E-state index in [-0.39, 0.29) is 5.91 Å². The quantitative estimate of drug-likeness (QED) is 0.869. The summed E-state index contributed by atoms with van der Waals surface area (Å²) in [5, 5.41) is 3.61. The van der Waals surface area contributed by atoms with Crippen molar-refractivity contribution in [2.24, 2.45) is 5.92 Å². The normalized spacial score (nSPS) is 15.2. The molecule has 1 aromatic rings. The molecule has 0 atom stereocenters. The van der Waals surface area contributed by atoms with Gasteiger partial charge in [-0.15, -0.1) is 0 Å². The number of rotatable bonds is 6.